The zero-order valence-electron chi connectivity index (χ0n) is 10.1. The van der Waals surface area contributed by atoms with E-state index in [-0.39, 0.29) is 12.2 Å². The van der Waals surface area contributed by atoms with Gasteiger partial charge in [-0.1, -0.05) is 41.4 Å². The van der Waals surface area contributed by atoms with Crippen LogP contribution in [0.25, 0.3) is 0 Å². The highest BCUT2D eigenvalue weighted by Crippen LogP contribution is 2.34. The summed E-state index contributed by atoms with van der Waals surface area (Å²) in [5, 5.41) is 0.501. The molecule has 0 bridgehead atoms. The number of hydrogen-bond acceptors (Lipinski definition) is 3. The predicted octanol–water partition coefficient (Wildman–Crippen LogP) is 3.46. The van der Waals surface area contributed by atoms with E-state index in [1.807, 2.05) is 0 Å². The zero-order chi connectivity index (χ0) is 14.0. The van der Waals surface area contributed by atoms with Gasteiger partial charge in [0.15, 0.2) is 19.3 Å². The summed E-state index contributed by atoms with van der Waals surface area (Å²) in [6.45, 7) is 3.19. The topological polar surface area (TPSA) is 51.2 Å². The molecule has 1 aromatic rings. The second-order valence-electron chi connectivity index (χ2n) is 3.82. The number of alkyl halides is 1. The van der Waals surface area contributed by atoms with Crippen LogP contribution in [-0.2, 0) is 9.84 Å². The smallest absolute Gasteiger partial charge is 0.194 e. The number of Topliss-reactive ketones (excluding diaryl/α,β-unsaturated/α-hetero) is 1. The number of rotatable bonds is 5. The minimum Gasteiger partial charge on any atom is -0.291 e. The van der Waals surface area contributed by atoms with Gasteiger partial charge in [0.2, 0.25) is 0 Å². The van der Waals surface area contributed by atoms with E-state index < -0.39 is 19.3 Å². The first-order valence-corrected chi connectivity index (χ1v) is 8.32. The van der Waals surface area contributed by atoms with E-state index in [2.05, 4.69) is 15.9 Å². The van der Waals surface area contributed by atoms with Gasteiger partial charge in [-0.15, -0.1) is 0 Å². The van der Waals surface area contributed by atoms with Crippen LogP contribution < -0.4 is 0 Å². The lowest BCUT2D eigenvalue weighted by Gasteiger charge is -2.24. The molecule has 0 radical (unpaired) electrons. The van der Waals surface area contributed by atoms with Crippen molar-refractivity contribution in [2.75, 3.05) is 5.75 Å². The Bertz CT molecular complexity index is 539. The largest absolute Gasteiger partial charge is 0.291 e. The van der Waals surface area contributed by atoms with Crippen LogP contribution >= 0.6 is 27.5 Å². The maximum absolute atomic E-state index is 12.3. The molecular formula is C12H14BrClO3S. The monoisotopic (exact) mass is 352 g/mol. The molecule has 18 heavy (non-hydrogen) atoms. The fourth-order valence-electron chi connectivity index (χ4n) is 1.57. The van der Waals surface area contributed by atoms with Gasteiger partial charge in [0, 0.05) is 16.3 Å². The van der Waals surface area contributed by atoms with E-state index in [0.717, 1.165) is 0 Å². The molecule has 0 fully saturated rings. The minimum atomic E-state index is -3.53. The molecule has 0 aromatic heterocycles. The molecule has 0 aliphatic rings. The Labute approximate surface area is 121 Å². The van der Waals surface area contributed by atoms with Gasteiger partial charge in [-0.3, -0.25) is 4.79 Å². The van der Waals surface area contributed by atoms with Crippen LogP contribution in [0.3, 0.4) is 0 Å². The van der Waals surface area contributed by atoms with Crippen molar-refractivity contribution in [1.82, 2.24) is 0 Å². The molecule has 0 heterocycles. The number of ketones is 1. The third-order valence-electron chi connectivity index (χ3n) is 2.77. The third kappa shape index (κ3) is 2.78. The van der Waals surface area contributed by atoms with Crippen molar-refractivity contribution in [3.63, 3.8) is 0 Å². The summed E-state index contributed by atoms with van der Waals surface area (Å²) in [6.07, 6.45) is 0.171. The molecule has 0 unspecified atom stereocenters. The fourth-order valence-corrected chi connectivity index (χ4v) is 3.91. The van der Waals surface area contributed by atoms with Crippen LogP contribution in [0.1, 0.15) is 30.6 Å². The number of carbonyl (C=O) groups excluding carboxylic acids is 1. The summed E-state index contributed by atoms with van der Waals surface area (Å²) in [7, 11) is -3.53. The SMILES string of the molecule is CC[C@@](Br)(C(=O)c1ccc(Cl)cc1)S(=O)(=O)CC. The molecule has 0 saturated carbocycles. The van der Waals surface area contributed by atoms with Crippen molar-refractivity contribution in [2.24, 2.45) is 0 Å². The molecule has 0 N–H and O–H groups in total. The van der Waals surface area contributed by atoms with Crippen LogP contribution in [0.2, 0.25) is 5.02 Å². The molecule has 100 valence electrons. The predicted molar refractivity (Wildman–Crippen MR) is 77.2 cm³/mol. The molecule has 1 aromatic carbocycles. The molecular weight excluding hydrogens is 340 g/mol. The molecule has 0 aliphatic heterocycles. The van der Waals surface area contributed by atoms with Gasteiger partial charge >= 0.3 is 0 Å². The highest BCUT2D eigenvalue weighted by Gasteiger charge is 2.45. The number of halogens is 2. The van der Waals surface area contributed by atoms with Crippen LogP contribution in [0.5, 0.6) is 0 Å². The molecule has 1 atom stereocenters. The Hall–Kier alpha value is -0.390. The lowest BCUT2D eigenvalue weighted by molar-refractivity contribution is 0.0976. The number of hydrogen-bond donors (Lipinski definition) is 0. The lowest BCUT2D eigenvalue weighted by atomic mass is 10.1. The van der Waals surface area contributed by atoms with Gasteiger partial charge in [0.1, 0.15) is 0 Å². The van der Waals surface area contributed by atoms with Gasteiger partial charge in [0.05, 0.1) is 0 Å². The maximum Gasteiger partial charge on any atom is 0.194 e. The van der Waals surface area contributed by atoms with Gasteiger partial charge < -0.3 is 0 Å². The maximum atomic E-state index is 12.3. The molecule has 3 nitrogen and oxygen atoms in total. The molecule has 1 rings (SSSR count). The molecule has 0 saturated heterocycles. The van der Waals surface area contributed by atoms with E-state index in [0.29, 0.717) is 10.6 Å². The van der Waals surface area contributed by atoms with E-state index >= 15 is 0 Å². The minimum absolute atomic E-state index is 0.0918. The molecule has 6 heteroatoms. The quantitative estimate of drug-likeness (QED) is 0.602. The first kappa shape index (κ1) is 15.7. The number of sulfone groups is 1. The lowest BCUT2D eigenvalue weighted by Crippen LogP contribution is -2.41. The standard InChI is InChI=1S/C12H14BrClO3S/c1-3-12(13,18(16,17)4-2)11(15)9-5-7-10(14)8-6-9/h5-8H,3-4H2,1-2H3/t12-/m0/s1. The first-order valence-electron chi connectivity index (χ1n) is 5.50. The van der Waals surface area contributed by atoms with Crippen molar-refractivity contribution < 1.29 is 13.2 Å². The van der Waals surface area contributed by atoms with Gasteiger partial charge in [-0.05, 0) is 30.7 Å². The fraction of sp³-hybridized carbons (Fsp3) is 0.417. The number of benzene rings is 1. The van der Waals surface area contributed by atoms with E-state index in [9.17, 15) is 13.2 Å². The summed E-state index contributed by atoms with van der Waals surface area (Å²) in [4.78, 5) is 12.3. The van der Waals surface area contributed by atoms with E-state index in [1.54, 1.807) is 19.1 Å². The Morgan fingerprint density at radius 3 is 2.17 bits per heavy atom. The first-order chi connectivity index (χ1) is 8.28. The Morgan fingerprint density at radius 2 is 1.78 bits per heavy atom. The Balaban J connectivity index is 3.26. The second-order valence-corrected chi connectivity index (χ2v) is 8.64. The summed E-state index contributed by atoms with van der Waals surface area (Å²) < 4.78 is 22.5. The average Bonchev–Trinajstić information content (AvgIpc) is 2.37. The normalized spacial score (nSPS) is 15.1. The van der Waals surface area contributed by atoms with Crippen LogP contribution in [0.4, 0.5) is 0 Å². The van der Waals surface area contributed by atoms with Gasteiger partial charge in [0.25, 0.3) is 0 Å². The average molecular weight is 354 g/mol. The highest BCUT2D eigenvalue weighted by molar-refractivity contribution is 9.12. The van der Waals surface area contributed by atoms with Crippen molar-refractivity contribution in [3.8, 4) is 0 Å². The summed E-state index contributed by atoms with van der Waals surface area (Å²) in [5.41, 5.74) is 0.329. The van der Waals surface area contributed by atoms with Crippen molar-refractivity contribution >= 4 is 43.2 Å². The summed E-state index contributed by atoms with van der Waals surface area (Å²) in [6, 6.07) is 6.19. The van der Waals surface area contributed by atoms with E-state index in [1.165, 1.54) is 19.1 Å². The van der Waals surface area contributed by atoms with Crippen molar-refractivity contribution in [2.45, 2.75) is 23.9 Å². The molecule has 0 amide bonds. The third-order valence-corrected chi connectivity index (χ3v) is 7.65. The van der Waals surface area contributed by atoms with E-state index in [4.69, 9.17) is 11.6 Å². The number of carbonyl (C=O) groups is 1. The van der Waals surface area contributed by atoms with Crippen LogP contribution in [-0.4, -0.2) is 23.6 Å². The van der Waals surface area contributed by atoms with Gasteiger partial charge in [-0.2, -0.15) is 0 Å². The Morgan fingerprint density at radius 1 is 1.28 bits per heavy atom. The zero-order valence-corrected chi connectivity index (χ0v) is 13.3. The second kappa shape index (κ2) is 5.72. The van der Waals surface area contributed by atoms with Crippen LogP contribution in [0, 0.1) is 0 Å². The summed E-state index contributed by atoms with van der Waals surface area (Å²) >= 11 is 8.86. The highest BCUT2D eigenvalue weighted by atomic mass is 79.9. The molecule has 0 spiro atoms. The Kier molecular flexibility index (Phi) is 4.98. The molecule has 0 aliphatic carbocycles. The van der Waals surface area contributed by atoms with Crippen LogP contribution in [0.15, 0.2) is 24.3 Å². The van der Waals surface area contributed by atoms with Crippen molar-refractivity contribution in [1.29, 1.82) is 0 Å². The van der Waals surface area contributed by atoms with Crippen molar-refractivity contribution in [3.05, 3.63) is 34.9 Å². The van der Waals surface area contributed by atoms with Gasteiger partial charge in [-0.25, -0.2) is 8.42 Å². The summed E-state index contributed by atoms with van der Waals surface area (Å²) in [5.74, 6) is -0.547.